The molecule has 114 valence electrons. The van der Waals surface area contributed by atoms with Crippen LogP contribution < -0.4 is 4.74 Å². The number of nitrogens with zero attached hydrogens (tertiary/aromatic N) is 2. The summed E-state index contributed by atoms with van der Waals surface area (Å²) in [6.45, 7) is 3.11. The van der Waals surface area contributed by atoms with E-state index in [-0.39, 0.29) is 5.91 Å². The number of carboxylic acid groups (broad SMARTS) is 1. The van der Waals surface area contributed by atoms with Gasteiger partial charge < -0.3 is 19.6 Å². The lowest BCUT2D eigenvalue weighted by molar-refractivity contribution is -0.139. The van der Waals surface area contributed by atoms with Gasteiger partial charge in [-0.2, -0.15) is 0 Å². The highest BCUT2D eigenvalue weighted by Crippen LogP contribution is 2.17. The van der Waals surface area contributed by atoms with Crippen LogP contribution in [0.5, 0.6) is 5.75 Å². The number of halogens is 1. The summed E-state index contributed by atoms with van der Waals surface area (Å²) in [4.78, 5) is 26.0. The zero-order valence-electron chi connectivity index (χ0n) is 11.7. The molecule has 2 rings (SSSR count). The second-order valence-corrected chi connectivity index (χ2v) is 5.25. The standard InChI is InChI=1S/C14H17ClN2O4/c1-10(21-12-4-2-11(15)3-5-12)13(18)16-6-8-17(9-7-16)14(19)20/h2-5,10H,6-9H2,1H3,(H,19,20). The number of benzene rings is 1. The van der Waals surface area contributed by atoms with E-state index in [1.54, 1.807) is 36.1 Å². The summed E-state index contributed by atoms with van der Waals surface area (Å²) in [6, 6.07) is 6.79. The van der Waals surface area contributed by atoms with Gasteiger partial charge in [-0.3, -0.25) is 4.79 Å². The van der Waals surface area contributed by atoms with Crippen molar-refractivity contribution < 1.29 is 19.4 Å². The third-order valence-electron chi connectivity index (χ3n) is 3.34. The minimum absolute atomic E-state index is 0.144. The zero-order valence-corrected chi connectivity index (χ0v) is 12.4. The van der Waals surface area contributed by atoms with Gasteiger partial charge in [0.05, 0.1) is 0 Å². The number of carbonyl (C=O) groups excluding carboxylic acids is 1. The molecular formula is C14H17ClN2O4. The lowest BCUT2D eigenvalue weighted by atomic mass is 10.2. The molecule has 0 aromatic heterocycles. The molecule has 0 saturated carbocycles. The van der Waals surface area contributed by atoms with E-state index < -0.39 is 12.2 Å². The highest BCUT2D eigenvalue weighted by molar-refractivity contribution is 6.30. The number of hydrogen-bond donors (Lipinski definition) is 1. The quantitative estimate of drug-likeness (QED) is 0.926. The molecule has 6 nitrogen and oxygen atoms in total. The van der Waals surface area contributed by atoms with E-state index in [2.05, 4.69) is 0 Å². The van der Waals surface area contributed by atoms with Gasteiger partial charge in [0, 0.05) is 31.2 Å². The molecule has 0 spiro atoms. The average Bonchev–Trinajstić information content (AvgIpc) is 2.49. The molecule has 1 heterocycles. The molecule has 1 atom stereocenters. The van der Waals surface area contributed by atoms with Crippen LogP contribution in [-0.4, -0.2) is 59.2 Å². The number of amides is 2. The van der Waals surface area contributed by atoms with Gasteiger partial charge in [0.25, 0.3) is 5.91 Å². The average molecular weight is 313 g/mol. The van der Waals surface area contributed by atoms with E-state index in [9.17, 15) is 9.59 Å². The number of carbonyl (C=O) groups is 2. The molecule has 1 fully saturated rings. The van der Waals surface area contributed by atoms with Crippen molar-refractivity contribution in [2.45, 2.75) is 13.0 Å². The van der Waals surface area contributed by atoms with Crippen LogP contribution in [0.3, 0.4) is 0 Å². The fourth-order valence-electron chi connectivity index (χ4n) is 2.14. The van der Waals surface area contributed by atoms with Crippen LogP contribution in [0.15, 0.2) is 24.3 Å². The summed E-state index contributed by atoms with van der Waals surface area (Å²) in [5.74, 6) is 0.430. The summed E-state index contributed by atoms with van der Waals surface area (Å²) in [6.07, 6.45) is -1.57. The van der Waals surface area contributed by atoms with Crippen LogP contribution in [0.1, 0.15) is 6.92 Å². The first kappa shape index (κ1) is 15.4. The van der Waals surface area contributed by atoms with Crippen LogP contribution in [-0.2, 0) is 4.79 Å². The lowest BCUT2D eigenvalue weighted by Crippen LogP contribution is -2.53. The van der Waals surface area contributed by atoms with Crippen molar-refractivity contribution in [1.29, 1.82) is 0 Å². The normalized spacial score (nSPS) is 16.5. The maximum absolute atomic E-state index is 12.3. The van der Waals surface area contributed by atoms with Gasteiger partial charge in [-0.1, -0.05) is 11.6 Å². The summed E-state index contributed by atoms with van der Waals surface area (Å²) in [5, 5.41) is 9.48. The molecule has 1 unspecified atom stereocenters. The van der Waals surface area contributed by atoms with Crippen LogP contribution >= 0.6 is 11.6 Å². The van der Waals surface area contributed by atoms with E-state index in [0.717, 1.165) is 0 Å². The first-order chi connectivity index (χ1) is 9.97. The molecule has 7 heteroatoms. The van der Waals surface area contributed by atoms with Crippen molar-refractivity contribution in [3.8, 4) is 5.75 Å². The Hall–Kier alpha value is -1.95. The Kier molecular flexibility index (Phi) is 4.90. The largest absolute Gasteiger partial charge is 0.481 e. The predicted octanol–water partition coefficient (Wildman–Crippen LogP) is 1.93. The summed E-state index contributed by atoms with van der Waals surface area (Å²) in [7, 11) is 0. The molecule has 0 radical (unpaired) electrons. The molecule has 1 aliphatic heterocycles. The van der Waals surface area contributed by atoms with Crippen molar-refractivity contribution in [3.05, 3.63) is 29.3 Å². The van der Waals surface area contributed by atoms with Gasteiger partial charge in [-0.25, -0.2) is 4.79 Å². The van der Waals surface area contributed by atoms with Gasteiger partial charge in [-0.05, 0) is 31.2 Å². The molecule has 1 aromatic rings. The van der Waals surface area contributed by atoms with Gasteiger partial charge in [0.15, 0.2) is 6.10 Å². The highest BCUT2D eigenvalue weighted by Gasteiger charge is 2.27. The zero-order chi connectivity index (χ0) is 15.4. The van der Waals surface area contributed by atoms with Crippen molar-refractivity contribution in [1.82, 2.24) is 9.80 Å². The SMILES string of the molecule is CC(Oc1ccc(Cl)cc1)C(=O)N1CCN(C(=O)O)CC1. The van der Waals surface area contributed by atoms with Gasteiger partial charge >= 0.3 is 6.09 Å². The third-order valence-corrected chi connectivity index (χ3v) is 3.59. The molecule has 1 saturated heterocycles. The van der Waals surface area contributed by atoms with E-state index in [1.165, 1.54) is 4.90 Å². The molecule has 2 amide bonds. The lowest BCUT2D eigenvalue weighted by Gasteiger charge is -2.34. The van der Waals surface area contributed by atoms with Gasteiger partial charge in [0.1, 0.15) is 5.75 Å². The van der Waals surface area contributed by atoms with Crippen molar-refractivity contribution in [2.75, 3.05) is 26.2 Å². The molecule has 1 aliphatic rings. The topological polar surface area (TPSA) is 70.1 Å². The predicted molar refractivity (Wildman–Crippen MR) is 77.7 cm³/mol. The second kappa shape index (κ2) is 6.67. The van der Waals surface area contributed by atoms with Gasteiger partial charge in [-0.15, -0.1) is 0 Å². The maximum atomic E-state index is 12.3. The molecule has 1 N–H and O–H groups in total. The van der Waals surface area contributed by atoms with Crippen LogP contribution in [0.4, 0.5) is 4.79 Å². The number of piperazine rings is 1. The Balaban J connectivity index is 1.88. The minimum atomic E-state index is -0.951. The first-order valence-electron chi connectivity index (χ1n) is 6.66. The van der Waals surface area contributed by atoms with E-state index in [4.69, 9.17) is 21.4 Å². The Bertz CT molecular complexity index is 512. The maximum Gasteiger partial charge on any atom is 0.407 e. The minimum Gasteiger partial charge on any atom is -0.481 e. The third kappa shape index (κ3) is 4.01. The van der Waals surface area contributed by atoms with Crippen LogP contribution in [0, 0.1) is 0 Å². The smallest absolute Gasteiger partial charge is 0.407 e. The Morgan fingerprint density at radius 1 is 1.14 bits per heavy atom. The Morgan fingerprint density at radius 2 is 1.67 bits per heavy atom. The second-order valence-electron chi connectivity index (χ2n) is 4.81. The molecule has 0 bridgehead atoms. The Labute approximate surface area is 127 Å². The van der Waals surface area contributed by atoms with E-state index in [0.29, 0.717) is 37.0 Å². The van der Waals surface area contributed by atoms with Crippen LogP contribution in [0.2, 0.25) is 5.02 Å². The summed E-state index contributed by atoms with van der Waals surface area (Å²) in [5.41, 5.74) is 0. The van der Waals surface area contributed by atoms with Crippen molar-refractivity contribution in [2.24, 2.45) is 0 Å². The van der Waals surface area contributed by atoms with Crippen LogP contribution in [0.25, 0.3) is 0 Å². The number of hydrogen-bond acceptors (Lipinski definition) is 3. The molecule has 0 aliphatic carbocycles. The number of rotatable bonds is 3. The number of ether oxygens (including phenoxy) is 1. The van der Waals surface area contributed by atoms with Crippen molar-refractivity contribution in [3.63, 3.8) is 0 Å². The van der Waals surface area contributed by atoms with Gasteiger partial charge in [0.2, 0.25) is 0 Å². The monoisotopic (exact) mass is 312 g/mol. The molecular weight excluding hydrogens is 296 g/mol. The van der Waals surface area contributed by atoms with E-state index in [1.807, 2.05) is 0 Å². The fraction of sp³-hybridized carbons (Fsp3) is 0.429. The molecule has 1 aromatic carbocycles. The highest BCUT2D eigenvalue weighted by atomic mass is 35.5. The summed E-state index contributed by atoms with van der Waals surface area (Å²) >= 11 is 5.79. The fourth-order valence-corrected chi connectivity index (χ4v) is 2.27. The molecule has 21 heavy (non-hydrogen) atoms. The first-order valence-corrected chi connectivity index (χ1v) is 7.04. The Morgan fingerprint density at radius 3 is 2.19 bits per heavy atom. The van der Waals surface area contributed by atoms with Crippen molar-refractivity contribution >= 4 is 23.6 Å². The van der Waals surface area contributed by atoms with E-state index >= 15 is 0 Å². The summed E-state index contributed by atoms with van der Waals surface area (Å²) < 4.78 is 5.58.